The Morgan fingerprint density at radius 2 is 2.00 bits per heavy atom. The van der Waals surface area contributed by atoms with E-state index in [2.05, 4.69) is 46.3 Å². The lowest BCUT2D eigenvalue weighted by atomic mass is 10.1. The van der Waals surface area contributed by atoms with Crippen LogP contribution in [-0.4, -0.2) is 55.1 Å². The van der Waals surface area contributed by atoms with E-state index < -0.39 is 0 Å². The first-order chi connectivity index (χ1) is 12.0. The molecule has 5 nitrogen and oxygen atoms in total. The first-order valence-electron chi connectivity index (χ1n) is 8.99. The van der Waals surface area contributed by atoms with Gasteiger partial charge in [0.25, 0.3) is 0 Å². The molecule has 0 fully saturated rings. The summed E-state index contributed by atoms with van der Waals surface area (Å²) in [6.07, 6.45) is 2.79. The Hall–Kier alpha value is -1.35. The maximum absolute atomic E-state index is 13.2. The number of aromatic nitrogens is 1. The number of hydrogen-bond donors (Lipinski definition) is 3. The van der Waals surface area contributed by atoms with Gasteiger partial charge < -0.3 is 15.6 Å². The zero-order valence-corrected chi connectivity index (χ0v) is 18.4. The number of H-pyrrole nitrogens is 1. The van der Waals surface area contributed by atoms with Crippen molar-refractivity contribution in [3.8, 4) is 0 Å². The number of nitrogens with zero attached hydrogens (tertiary/aromatic N) is 2. The molecule has 1 heterocycles. The molecule has 0 atom stereocenters. The Labute approximate surface area is 172 Å². The summed E-state index contributed by atoms with van der Waals surface area (Å²) in [4.78, 5) is 9.80. The number of aromatic amines is 1. The predicted octanol–water partition coefficient (Wildman–Crippen LogP) is 3.36. The normalized spacial score (nSPS) is 11.9. The highest BCUT2D eigenvalue weighted by molar-refractivity contribution is 14.0. The summed E-state index contributed by atoms with van der Waals surface area (Å²) in [6.45, 7) is 10.3. The number of likely N-dealkylation sites (N-methyl/N-ethyl adjacent to an activating group) is 1. The van der Waals surface area contributed by atoms with E-state index in [4.69, 9.17) is 0 Å². The molecule has 2 aromatic rings. The van der Waals surface area contributed by atoms with Gasteiger partial charge in [-0.05, 0) is 50.6 Å². The van der Waals surface area contributed by atoms with Crippen molar-refractivity contribution in [2.75, 3.05) is 33.2 Å². The van der Waals surface area contributed by atoms with Gasteiger partial charge in [-0.15, -0.1) is 24.0 Å². The molecular weight excluding hydrogens is 444 g/mol. The molecule has 0 aliphatic heterocycles. The third-order valence-electron chi connectivity index (χ3n) is 4.47. The fraction of sp³-hybridized carbons (Fsp3) is 0.526. The van der Waals surface area contributed by atoms with Gasteiger partial charge in [0.1, 0.15) is 5.82 Å². The van der Waals surface area contributed by atoms with E-state index in [9.17, 15) is 4.39 Å². The Morgan fingerprint density at radius 1 is 1.27 bits per heavy atom. The summed E-state index contributed by atoms with van der Waals surface area (Å²) in [5.41, 5.74) is 2.01. The molecule has 0 saturated carbocycles. The first kappa shape index (κ1) is 22.7. The minimum Gasteiger partial charge on any atom is -0.361 e. The van der Waals surface area contributed by atoms with Crippen molar-refractivity contribution >= 4 is 40.8 Å². The molecule has 3 N–H and O–H groups in total. The predicted molar refractivity (Wildman–Crippen MR) is 119 cm³/mol. The Morgan fingerprint density at radius 3 is 2.65 bits per heavy atom. The van der Waals surface area contributed by atoms with Crippen LogP contribution >= 0.6 is 24.0 Å². The minimum absolute atomic E-state index is 0. The molecule has 146 valence electrons. The first-order valence-corrected chi connectivity index (χ1v) is 8.99. The zero-order valence-electron chi connectivity index (χ0n) is 16.1. The summed E-state index contributed by atoms with van der Waals surface area (Å²) in [6, 6.07) is 5.41. The smallest absolute Gasteiger partial charge is 0.191 e. The van der Waals surface area contributed by atoms with E-state index >= 15 is 0 Å². The largest absolute Gasteiger partial charge is 0.361 e. The number of nitrogens with one attached hydrogen (secondary N) is 3. The van der Waals surface area contributed by atoms with Crippen molar-refractivity contribution in [1.82, 2.24) is 20.5 Å². The molecule has 0 aliphatic rings. The summed E-state index contributed by atoms with van der Waals surface area (Å²) in [7, 11) is 1.78. The van der Waals surface area contributed by atoms with Gasteiger partial charge in [0.05, 0.1) is 0 Å². The van der Waals surface area contributed by atoms with Crippen LogP contribution in [0.4, 0.5) is 4.39 Å². The van der Waals surface area contributed by atoms with Crippen molar-refractivity contribution in [2.45, 2.75) is 33.2 Å². The quantitative estimate of drug-likeness (QED) is 0.312. The van der Waals surface area contributed by atoms with Crippen LogP contribution in [0.25, 0.3) is 10.9 Å². The van der Waals surface area contributed by atoms with E-state index in [0.29, 0.717) is 6.04 Å². The van der Waals surface area contributed by atoms with E-state index in [-0.39, 0.29) is 29.8 Å². The highest BCUT2D eigenvalue weighted by Gasteiger charge is 2.07. The molecule has 2 rings (SSSR count). The lowest BCUT2D eigenvalue weighted by molar-refractivity contribution is 0.237. The molecule has 7 heteroatoms. The second-order valence-electron chi connectivity index (χ2n) is 6.40. The summed E-state index contributed by atoms with van der Waals surface area (Å²) in [5, 5.41) is 7.76. The van der Waals surface area contributed by atoms with Crippen molar-refractivity contribution in [1.29, 1.82) is 0 Å². The topological polar surface area (TPSA) is 55.4 Å². The number of halogens is 2. The van der Waals surface area contributed by atoms with Crippen molar-refractivity contribution in [3.63, 3.8) is 0 Å². The molecule has 0 unspecified atom stereocenters. The third kappa shape index (κ3) is 6.42. The summed E-state index contributed by atoms with van der Waals surface area (Å²) in [5.74, 6) is 0.594. The molecule has 0 saturated heterocycles. The molecule has 1 aromatic carbocycles. The summed E-state index contributed by atoms with van der Waals surface area (Å²) < 4.78 is 13.2. The van der Waals surface area contributed by atoms with Crippen LogP contribution in [-0.2, 0) is 6.42 Å². The van der Waals surface area contributed by atoms with Gasteiger partial charge >= 0.3 is 0 Å². The van der Waals surface area contributed by atoms with Gasteiger partial charge in [-0.3, -0.25) is 9.89 Å². The monoisotopic (exact) mass is 475 g/mol. The zero-order chi connectivity index (χ0) is 18.2. The molecule has 0 spiro atoms. The average molecular weight is 475 g/mol. The summed E-state index contributed by atoms with van der Waals surface area (Å²) >= 11 is 0. The lowest BCUT2D eigenvalue weighted by Gasteiger charge is -2.25. The third-order valence-corrected chi connectivity index (χ3v) is 4.47. The highest BCUT2D eigenvalue weighted by Crippen LogP contribution is 2.19. The van der Waals surface area contributed by atoms with E-state index in [1.165, 1.54) is 17.7 Å². The second kappa shape index (κ2) is 11.4. The average Bonchev–Trinajstić information content (AvgIpc) is 2.98. The fourth-order valence-electron chi connectivity index (χ4n) is 3.00. The fourth-order valence-corrected chi connectivity index (χ4v) is 3.00. The van der Waals surface area contributed by atoms with Crippen LogP contribution in [0.5, 0.6) is 0 Å². The van der Waals surface area contributed by atoms with Crippen molar-refractivity contribution in [3.05, 3.63) is 35.8 Å². The maximum atomic E-state index is 13.2. The molecule has 26 heavy (non-hydrogen) atoms. The van der Waals surface area contributed by atoms with E-state index in [1.807, 2.05) is 12.3 Å². The molecule has 0 aliphatic carbocycles. The molecule has 0 bridgehead atoms. The van der Waals surface area contributed by atoms with Gasteiger partial charge in [0.2, 0.25) is 0 Å². The highest BCUT2D eigenvalue weighted by atomic mass is 127. The lowest BCUT2D eigenvalue weighted by Crippen LogP contribution is -2.43. The van der Waals surface area contributed by atoms with Crippen molar-refractivity contribution < 1.29 is 4.39 Å². The van der Waals surface area contributed by atoms with E-state index in [1.54, 1.807) is 7.05 Å². The van der Waals surface area contributed by atoms with Crippen LogP contribution in [0.3, 0.4) is 0 Å². The van der Waals surface area contributed by atoms with Gasteiger partial charge in [-0.1, -0.05) is 6.92 Å². The maximum Gasteiger partial charge on any atom is 0.191 e. The number of guanidine groups is 1. The number of benzene rings is 1. The SMILES string of the molecule is CCN(CCNC(=NC)NCCc1c[nH]c2cc(F)ccc12)C(C)C.I. The van der Waals surface area contributed by atoms with Gasteiger partial charge in [0, 0.05) is 49.8 Å². The van der Waals surface area contributed by atoms with Crippen molar-refractivity contribution in [2.24, 2.45) is 4.99 Å². The Balaban J connectivity index is 0.00000338. The van der Waals surface area contributed by atoms with Gasteiger partial charge in [-0.2, -0.15) is 0 Å². The van der Waals surface area contributed by atoms with Gasteiger partial charge in [0.15, 0.2) is 5.96 Å². The second-order valence-corrected chi connectivity index (χ2v) is 6.40. The van der Waals surface area contributed by atoms with Gasteiger partial charge in [-0.25, -0.2) is 4.39 Å². The molecule has 0 radical (unpaired) electrons. The van der Waals surface area contributed by atoms with Crippen LogP contribution in [0.15, 0.2) is 29.4 Å². The van der Waals surface area contributed by atoms with Crippen LogP contribution in [0.1, 0.15) is 26.3 Å². The van der Waals surface area contributed by atoms with Crippen LogP contribution in [0.2, 0.25) is 0 Å². The number of hydrogen-bond acceptors (Lipinski definition) is 2. The van der Waals surface area contributed by atoms with Crippen LogP contribution in [0, 0.1) is 5.82 Å². The molecule has 0 amide bonds. The van der Waals surface area contributed by atoms with E-state index in [0.717, 1.165) is 49.5 Å². The number of rotatable bonds is 8. The Bertz CT molecular complexity index is 698. The Kier molecular flexibility index (Phi) is 9.93. The molecular formula is C19H31FIN5. The number of fused-ring (bicyclic) bond motifs is 1. The standard InChI is InChI=1S/C19H30FN5.HI/c1-5-25(14(2)3)11-10-23-19(21-4)22-9-8-15-13-24-18-12-16(20)6-7-17(15)18;/h6-7,12-14,24H,5,8-11H2,1-4H3,(H2,21,22,23);1H. The van der Waals surface area contributed by atoms with Crippen LogP contribution < -0.4 is 10.6 Å². The number of aliphatic imine (C=N–C) groups is 1. The molecule has 1 aromatic heterocycles. The minimum atomic E-state index is -0.217.